The summed E-state index contributed by atoms with van der Waals surface area (Å²) in [5, 5.41) is 11.9. The van der Waals surface area contributed by atoms with E-state index in [-0.39, 0.29) is 23.9 Å². The summed E-state index contributed by atoms with van der Waals surface area (Å²) in [7, 11) is 5.68. The van der Waals surface area contributed by atoms with Crippen LogP contribution in [0.5, 0.6) is 0 Å². The first-order chi connectivity index (χ1) is 18.2. The summed E-state index contributed by atoms with van der Waals surface area (Å²) in [6.07, 6.45) is 0.740. The van der Waals surface area contributed by atoms with Crippen molar-refractivity contribution in [3.8, 4) is 17.2 Å². The number of benzene rings is 3. The molecule has 9 heteroatoms. The second-order valence-corrected chi connectivity index (χ2v) is 9.58. The number of halogens is 2. The third-order valence-corrected chi connectivity index (χ3v) is 6.29. The molecule has 0 aliphatic heterocycles. The Bertz CT molecular complexity index is 1310. The predicted octanol–water partition coefficient (Wildman–Crippen LogP) is 5.86. The highest BCUT2D eigenvalue weighted by molar-refractivity contribution is 6.31. The first-order valence-corrected chi connectivity index (χ1v) is 12.6. The van der Waals surface area contributed by atoms with Crippen molar-refractivity contribution < 1.29 is 14.0 Å². The molecule has 0 unspecified atom stereocenters. The molecular formula is C29H31ClFN5O2. The summed E-state index contributed by atoms with van der Waals surface area (Å²) in [4.78, 5) is 31.1. The number of hydrogen-bond donors (Lipinski definition) is 1. The zero-order valence-electron chi connectivity index (χ0n) is 21.7. The van der Waals surface area contributed by atoms with E-state index < -0.39 is 11.8 Å². The van der Waals surface area contributed by atoms with Gasteiger partial charge in [0.25, 0.3) is 0 Å². The van der Waals surface area contributed by atoms with Gasteiger partial charge in [-0.05, 0) is 74.1 Å². The molecule has 0 heterocycles. The minimum absolute atomic E-state index is 0.00486. The standard InChI is InChI=1S/C29H31ClFN5O2/c1-34(2)16-17-35(3)28(37)8-5-15-36(29(38)33-24-11-14-27(31)26(30)19-24)25-12-9-22(10-13-25)23-7-4-6-21(18-23)20-32/h4,6-7,9-14,18-19H,5,8,15-17H2,1-3H3,(H,33,38). The fraction of sp³-hybridized carbons (Fsp3) is 0.276. The average Bonchev–Trinajstić information content (AvgIpc) is 2.91. The lowest BCUT2D eigenvalue weighted by Gasteiger charge is -2.24. The maximum atomic E-state index is 13.6. The van der Waals surface area contributed by atoms with Crippen molar-refractivity contribution in [2.24, 2.45) is 0 Å². The lowest BCUT2D eigenvalue weighted by atomic mass is 10.0. The van der Waals surface area contributed by atoms with Crippen molar-refractivity contribution in [3.63, 3.8) is 0 Å². The highest BCUT2D eigenvalue weighted by Crippen LogP contribution is 2.26. The van der Waals surface area contributed by atoms with Gasteiger partial charge in [0, 0.05) is 44.5 Å². The molecule has 0 spiro atoms. The van der Waals surface area contributed by atoms with Crippen LogP contribution in [0.4, 0.5) is 20.6 Å². The topological polar surface area (TPSA) is 79.7 Å². The molecule has 0 saturated heterocycles. The quantitative estimate of drug-likeness (QED) is 0.353. The van der Waals surface area contributed by atoms with Gasteiger partial charge in [0.15, 0.2) is 0 Å². The van der Waals surface area contributed by atoms with Crippen molar-refractivity contribution in [1.29, 1.82) is 5.26 Å². The molecule has 0 aliphatic carbocycles. The second kappa shape index (κ2) is 13.6. The van der Waals surface area contributed by atoms with Crippen molar-refractivity contribution in [1.82, 2.24) is 9.80 Å². The zero-order valence-corrected chi connectivity index (χ0v) is 22.5. The molecule has 3 aromatic rings. The number of anilines is 2. The van der Waals surface area contributed by atoms with Crippen LogP contribution in [0.2, 0.25) is 5.02 Å². The minimum Gasteiger partial charge on any atom is -0.344 e. The molecule has 0 fully saturated rings. The number of hydrogen-bond acceptors (Lipinski definition) is 4. The van der Waals surface area contributed by atoms with Gasteiger partial charge in [-0.3, -0.25) is 9.69 Å². The molecular weight excluding hydrogens is 505 g/mol. The Morgan fingerprint density at radius 2 is 1.68 bits per heavy atom. The van der Waals surface area contributed by atoms with Crippen LogP contribution < -0.4 is 10.2 Å². The van der Waals surface area contributed by atoms with E-state index in [1.807, 2.05) is 55.4 Å². The molecule has 0 aliphatic rings. The molecule has 0 atom stereocenters. The number of nitrogens with zero attached hydrogens (tertiary/aromatic N) is 4. The first kappa shape index (κ1) is 28.6. The zero-order chi connectivity index (χ0) is 27.7. The van der Waals surface area contributed by atoms with Crippen molar-refractivity contribution in [2.45, 2.75) is 12.8 Å². The van der Waals surface area contributed by atoms with Gasteiger partial charge in [-0.15, -0.1) is 0 Å². The first-order valence-electron chi connectivity index (χ1n) is 12.2. The molecule has 1 N–H and O–H groups in total. The van der Waals surface area contributed by atoms with Gasteiger partial charge in [-0.2, -0.15) is 5.26 Å². The van der Waals surface area contributed by atoms with Gasteiger partial charge in [0.1, 0.15) is 5.82 Å². The number of likely N-dealkylation sites (N-methyl/N-ethyl adjacent to an activating group) is 2. The highest BCUT2D eigenvalue weighted by Gasteiger charge is 2.18. The largest absolute Gasteiger partial charge is 0.344 e. The van der Waals surface area contributed by atoms with Crippen LogP contribution in [-0.4, -0.2) is 62.5 Å². The van der Waals surface area contributed by atoms with Crippen molar-refractivity contribution >= 4 is 34.9 Å². The van der Waals surface area contributed by atoms with E-state index in [1.165, 1.54) is 18.2 Å². The Hall–Kier alpha value is -3.93. The molecule has 3 amide bonds. The number of carbonyl (C=O) groups is 2. The Balaban J connectivity index is 1.76. The summed E-state index contributed by atoms with van der Waals surface area (Å²) in [6, 6.07) is 20.3. The van der Waals surface area contributed by atoms with Gasteiger partial charge in [0.05, 0.1) is 16.7 Å². The highest BCUT2D eigenvalue weighted by atomic mass is 35.5. The van der Waals surface area contributed by atoms with Crippen LogP contribution in [0.3, 0.4) is 0 Å². The van der Waals surface area contributed by atoms with Crippen LogP contribution in [0, 0.1) is 17.1 Å². The van der Waals surface area contributed by atoms with Crippen LogP contribution in [0.25, 0.3) is 11.1 Å². The molecule has 0 saturated carbocycles. The number of rotatable bonds is 10. The van der Waals surface area contributed by atoms with Crippen LogP contribution in [0.15, 0.2) is 66.7 Å². The molecule has 38 heavy (non-hydrogen) atoms. The second-order valence-electron chi connectivity index (χ2n) is 9.17. The van der Waals surface area contributed by atoms with E-state index in [0.717, 1.165) is 17.7 Å². The fourth-order valence-corrected chi connectivity index (χ4v) is 3.95. The lowest BCUT2D eigenvalue weighted by molar-refractivity contribution is -0.130. The number of nitriles is 1. The number of nitrogens with one attached hydrogen (secondary N) is 1. The van der Waals surface area contributed by atoms with Crippen molar-refractivity contribution in [2.75, 3.05) is 51.0 Å². The van der Waals surface area contributed by atoms with Gasteiger partial charge < -0.3 is 15.1 Å². The van der Waals surface area contributed by atoms with E-state index in [2.05, 4.69) is 11.4 Å². The van der Waals surface area contributed by atoms with E-state index in [1.54, 1.807) is 29.0 Å². The lowest BCUT2D eigenvalue weighted by Crippen LogP contribution is -2.37. The number of urea groups is 1. The summed E-state index contributed by atoms with van der Waals surface area (Å²) in [5.41, 5.74) is 3.33. The van der Waals surface area contributed by atoms with Crippen LogP contribution in [0.1, 0.15) is 18.4 Å². The third kappa shape index (κ3) is 8.04. The maximum Gasteiger partial charge on any atom is 0.326 e. The fourth-order valence-electron chi connectivity index (χ4n) is 3.77. The smallest absolute Gasteiger partial charge is 0.326 e. The summed E-state index contributed by atoms with van der Waals surface area (Å²) < 4.78 is 13.6. The Labute approximate surface area is 228 Å². The monoisotopic (exact) mass is 535 g/mol. The van der Waals surface area contributed by atoms with Gasteiger partial charge >= 0.3 is 6.03 Å². The summed E-state index contributed by atoms with van der Waals surface area (Å²) in [6.45, 7) is 1.67. The maximum absolute atomic E-state index is 13.6. The Morgan fingerprint density at radius 1 is 0.947 bits per heavy atom. The van der Waals surface area contributed by atoms with Crippen LogP contribution >= 0.6 is 11.6 Å². The van der Waals surface area contributed by atoms with E-state index in [0.29, 0.717) is 29.9 Å². The number of amides is 3. The molecule has 198 valence electrons. The third-order valence-electron chi connectivity index (χ3n) is 6.00. The van der Waals surface area contributed by atoms with Gasteiger partial charge in [-0.25, -0.2) is 9.18 Å². The Kier molecular flexibility index (Phi) is 10.2. The van der Waals surface area contributed by atoms with Crippen molar-refractivity contribution in [3.05, 3.63) is 83.1 Å². The normalized spacial score (nSPS) is 10.7. The molecule has 0 bridgehead atoms. The average molecular weight is 536 g/mol. The summed E-state index contributed by atoms with van der Waals surface area (Å²) in [5.74, 6) is -0.570. The van der Waals surface area contributed by atoms with Gasteiger partial charge in [-0.1, -0.05) is 35.9 Å². The molecule has 7 nitrogen and oxygen atoms in total. The molecule has 3 aromatic carbocycles. The molecule has 0 radical (unpaired) electrons. The number of carbonyl (C=O) groups excluding carboxylic acids is 2. The van der Waals surface area contributed by atoms with E-state index >= 15 is 0 Å². The van der Waals surface area contributed by atoms with Gasteiger partial charge in [0.2, 0.25) is 5.91 Å². The SMILES string of the molecule is CN(C)CCN(C)C(=O)CCCN(C(=O)Nc1ccc(F)c(Cl)c1)c1ccc(-c2cccc(C#N)c2)cc1. The minimum atomic E-state index is -0.575. The summed E-state index contributed by atoms with van der Waals surface area (Å²) >= 11 is 5.88. The van der Waals surface area contributed by atoms with E-state index in [9.17, 15) is 19.2 Å². The molecule has 0 aromatic heterocycles. The van der Waals surface area contributed by atoms with E-state index in [4.69, 9.17) is 11.6 Å². The van der Waals surface area contributed by atoms with Crippen LogP contribution in [-0.2, 0) is 4.79 Å². The predicted molar refractivity (Wildman–Crippen MR) is 150 cm³/mol. The molecule has 3 rings (SSSR count). The Morgan fingerprint density at radius 3 is 2.34 bits per heavy atom.